The molecule has 1 fully saturated rings. The average Bonchev–Trinajstić information content (AvgIpc) is 3.55. The summed E-state index contributed by atoms with van der Waals surface area (Å²) in [6.45, 7) is 4.06. The second-order valence-electron chi connectivity index (χ2n) is 9.70. The minimum absolute atomic E-state index is 0.417. The maximum Gasteiger partial charge on any atom is 0.237 e. The number of aryl methyl sites for hydroxylation is 2. The van der Waals surface area contributed by atoms with Crippen LogP contribution in [0.1, 0.15) is 37.0 Å². The normalized spacial score (nSPS) is 14.5. The van der Waals surface area contributed by atoms with Crippen LogP contribution in [0.3, 0.4) is 0 Å². The Hall–Kier alpha value is -3.90. The molecule has 6 rings (SSSR count). The predicted octanol–water partition coefficient (Wildman–Crippen LogP) is 7.35. The fourth-order valence-electron chi connectivity index (χ4n) is 5.43. The zero-order valence-electron chi connectivity index (χ0n) is 21.0. The molecule has 1 aliphatic carbocycles. The van der Waals surface area contributed by atoms with Crippen molar-refractivity contribution >= 4 is 39.3 Å². The van der Waals surface area contributed by atoms with Crippen LogP contribution >= 0.6 is 12.2 Å². The first-order chi connectivity index (χ1) is 18.1. The van der Waals surface area contributed by atoms with E-state index in [1.807, 2.05) is 44.2 Å². The lowest BCUT2D eigenvalue weighted by molar-refractivity contribution is 0.524. The zero-order valence-corrected chi connectivity index (χ0v) is 21.8. The second-order valence-corrected chi connectivity index (χ2v) is 10.1. The Balaban J connectivity index is 1.53. The molecule has 5 nitrogen and oxygen atoms in total. The maximum absolute atomic E-state index is 6.36. The molecule has 1 saturated carbocycles. The van der Waals surface area contributed by atoms with Crippen molar-refractivity contribution in [3.63, 3.8) is 0 Å². The summed E-state index contributed by atoms with van der Waals surface area (Å²) < 4.78 is 12.7. The van der Waals surface area contributed by atoms with Crippen LogP contribution in [0.25, 0.3) is 44.2 Å². The Morgan fingerprint density at radius 2 is 1.49 bits per heavy atom. The van der Waals surface area contributed by atoms with Gasteiger partial charge in [0.15, 0.2) is 5.11 Å². The smallest absolute Gasteiger partial charge is 0.237 e. The van der Waals surface area contributed by atoms with E-state index in [2.05, 4.69) is 58.3 Å². The molecule has 5 aromatic rings. The van der Waals surface area contributed by atoms with Crippen LogP contribution < -0.4 is 16.3 Å². The summed E-state index contributed by atoms with van der Waals surface area (Å²) in [6, 6.07) is 25.3. The van der Waals surface area contributed by atoms with Gasteiger partial charge in [0, 0.05) is 34.0 Å². The summed E-state index contributed by atoms with van der Waals surface area (Å²) in [6.07, 6.45) is 4.76. The Labute approximate surface area is 221 Å². The van der Waals surface area contributed by atoms with E-state index in [4.69, 9.17) is 21.1 Å². The van der Waals surface area contributed by atoms with Gasteiger partial charge >= 0.3 is 0 Å². The van der Waals surface area contributed by atoms with Gasteiger partial charge in [-0.1, -0.05) is 73.5 Å². The van der Waals surface area contributed by atoms with Crippen LogP contribution in [0.5, 0.6) is 0 Å². The number of nitrogens with one attached hydrogen (secondary N) is 2. The third-order valence-electron chi connectivity index (χ3n) is 7.21. The third-order valence-corrected chi connectivity index (χ3v) is 7.41. The first-order valence-electron chi connectivity index (χ1n) is 12.8. The summed E-state index contributed by atoms with van der Waals surface area (Å²) in [7, 11) is 0. The number of hydrogen-bond acceptors (Lipinski definition) is 4. The van der Waals surface area contributed by atoms with Crippen molar-refractivity contribution in [1.29, 1.82) is 0 Å². The molecule has 0 radical (unpaired) electrons. The van der Waals surface area contributed by atoms with Crippen molar-refractivity contribution < 1.29 is 8.83 Å². The number of furan rings is 1. The first kappa shape index (κ1) is 23.5. The van der Waals surface area contributed by atoms with Gasteiger partial charge < -0.3 is 14.2 Å². The summed E-state index contributed by atoms with van der Waals surface area (Å²) in [5.74, 6) is 0.885. The van der Waals surface area contributed by atoms with Crippen LogP contribution in [-0.4, -0.2) is 11.2 Å². The molecule has 6 heteroatoms. The van der Waals surface area contributed by atoms with Crippen LogP contribution in [0.2, 0.25) is 0 Å². The van der Waals surface area contributed by atoms with Gasteiger partial charge in [-0.15, -0.1) is 5.10 Å². The maximum atomic E-state index is 6.36. The monoisotopic (exact) mass is 507 g/mol. The van der Waals surface area contributed by atoms with E-state index >= 15 is 0 Å². The molecule has 37 heavy (non-hydrogen) atoms. The lowest BCUT2D eigenvalue weighted by atomic mass is 9.96. The van der Waals surface area contributed by atoms with Crippen LogP contribution in [0.4, 0.5) is 0 Å². The lowest BCUT2D eigenvalue weighted by Gasteiger charge is -2.13. The average molecular weight is 508 g/mol. The SMILES string of the molecule is Cc1oc2c(C)c3o/c(=N/NC(=S)NC4CCCC4)cc(-c4ccccc4)c3cc2c1-c1ccccc1. The van der Waals surface area contributed by atoms with Gasteiger partial charge in [0.2, 0.25) is 5.55 Å². The van der Waals surface area contributed by atoms with E-state index in [1.165, 1.54) is 12.8 Å². The molecule has 0 amide bonds. The summed E-state index contributed by atoms with van der Waals surface area (Å²) in [4.78, 5) is 0. The molecule has 0 aliphatic heterocycles. The molecule has 2 aromatic heterocycles. The van der Waals surface area contributed by atoms with Gasteiger partial charge in [-0.2, -0.15) is 0 Å². The standard InChI is InChI=1S/C31H29N3O2S/c1-19-29-25(17-26-28(20(2)35-30(19)26)22-13-7-4-8-14-22)24(21-11-5-3-6-12-21)18-27(36-29)33-34-31(37)32-23-15-9-10-16-23/h3-8,11-14,17-18,23H,9-10,15-16H2,1-2H3,(H2,32,34,37)/b33-27+. The molecule has 0 saturated heterocycles. The Kier molecular flexibility index (Phi) is 6.26. The number of fused-ring (bicyclic) bond motifs is 2. The highest BCUT2D eigenvalue weighted by Gasteiger charge is 2.20. The lowest BCUT2D eigenvalue weighted by Crippen LogP contribution is -2.39. The van der Waals surface area contributed by atoms with Gasteiger partial charge in [0.1, 0.15) is 16.9 Å². The van der Waals surface area contributed by atoms with Gasteiger partial charge in [-0.3, -0.25) is 5.43 Å². The third kappa shape index (κ3) is 4.53. The minimum Gasteiger partial charge on any atom is -0.460 e. The molecular formula is C31H29N3O2S. The topological polar surface area (TPSA) is 62.7 Å². The fraction of sp³-hybridized carbons (Fsp3) is 0.226. The van der Waals surface area contributed by atoms with Gasteiger partial charge in [0.25, 0.3) is 0 Å². The van der Waals surface area contributed by atoms with Crippen molar-refractivity contribution in [3.8, 4) is 22.3 Å². The van der Waals surface area contributed by atoms with E-state index in [0.29, 0.717) is 16.7 Å². The highest BCUT2D eigenvalue weighted by Crippen LogP contribution is 2.40. The predicted molar refractivity (Wildman–Crippen MR) is 153 cm³/mol. The van der Waals surface area contributed by atoms with Crippen LogP contribution in [0, 0.1) is 13.8 Å². The number of nitrogens with zero attached hydrogens (tertiary/aromatic N) is 1. The van der Waals surface area contributed by atoms with E-state index in [-0.39, 0.29) is 0 Å². The molecule has 0 unspecified atom stereocenters. The van der Waals surface area contributed by atoms with Crippen molar-refractivity contribution in [2.45, 2.75) is 45.6 Å². The fourth-order valence-corrected chi connectivity index (χ4v) is 5.64. The van der Waals surface area contributed by atoms with Gasteiger partial charge in [0.05, 0.1) is 0 Å². The summed E-state index contributed by atoms with van der Waals surface area (Å²) in [5.41, 5.74) is 10.3. The highest BCUT2D eigenvalue weighted by molar-refractivity contribution is 7.80. The number of rotatable bonds is 4. The molecule has 3 aromatic carbocycles. The Morgan fingerprint density at radius 1 is 0.838 bits per heavy atom. The molecule has 186 valence electrons. The van der Waals surface area contributed by atoms with E-state index < -0.39 is 0 Å². The quantitative estimate of drug-likeness (QED) is 0.197. The second kappa shape index (κ2) is 9.87. The Bertz CT molecular complexity index is 1660. The Morgan fingerprint density at radius 3 is 2.19 bits per heavy atom. The van der Waals surface area contributed by atoms with Crippen molar-refractivity contribution in [1.82, 2.24) is 10.7 Å². The summed E-state index contributed by atoms with van der Waals surface area (Å²) >= 11 is 5.49. The molecule has 1 aliphatic rings. The first-order valence-corrected chi connectivity index (χ1v) is 13.2. The van der Waals surface area contributed by atoms with Crippen LogP contribution in [-0.2, 0) is 0 Å². The van der Waals surface area contributed by atoms with Gasteiger partial charge in [-0.05, 0) is 61.7 Å². The van der Waals surface area contributed by atoms with E-state index in [0.717, 1.165) is 68.4 Å². The van der Waals surface area contributed by atoms with E-state index in [1.54, 1.807) is 0 Å². The largest absolute Gasteiger partial charge is 0.460 e. The molecule has 0 atom stereocenters. The number of benzene rings is 3. The van der Waals surface area contributed by atoms with Crippen LogP contribution in [0.15, 0.2) is 86.7 Å². The van der Waals surface area contributed by atoms with Crippen molar-refractivity contribution in [3.05, 3.63) is 89.7 Å². The number of hydrogen-bond donors (Lipinski definition) is 2. The van der Waals surface area contributed by atoms with Crippen molar-refractivity contribution in [2.75, 3.05) is 0 Å². The molecule has 2 heterocycles. The van der Waals surface area contributed by atoms with Gasteiger partial charge in [-0.25, -0.2) is 0 Å². The number of thiocarbonyl (C=S) groups is 1. The molecule has 0 bridgehead atoms. The highest BCUT2D eigenvalue weighted by atomic mass is 32.1. The molecule has 0 spiro atoms. The minimum atomic E-state index is 0.417. The zero-order chi connectivity index (χ0) is 25.4. The molecule has 2 N–H and O–H groups in total. The summed E-state index contributed by atoms with van der Waals surface area (Å²) in [5, 5.41) is 10.5. The van der Waals surface area contributed by atoms with Crippen molar-refractivity contribution in [2.24, 2.45) is 5.10 Å². The van der Waals surface area contributed by atoms with E-state index in [9.17, 15) is 0 Å². The molecular weight excluding hydrogens is 478 g/mol.